The van der Waals surface area contributed by atoms with Crippen LogP contribution < -0.4 is 10.6 Å². The zero-order valence-electron chi connectivity index (χ0n) is 17.5. The summed E-state index contributed by atoms with van der Waals surface area (Å²) in [7, 11) is 0. The first-order valence-electron chi connectivity index (χ1n) is 9.99. The second kappa shape index (κ2) is 8.49. The molecule has 0 bridgehead atoms. The molecule has 1 aliphatic heterocycles. The quantitative estimate of drug-likeness (QED) is 0.501. The zero-order valence-corrected chi connectivity index (χ0v) is 17.5. The minimum Gasteiger partial charge on any atom is -0.387 e. The van der Waals surface area contributed by atoms with Gasteiger partial charge < -0.3 is 20.5 Å². The standard InChI is InChI=1S/C21H22FN7O3/c1-21(2,31)18(22)9-26-20(30)14-7-24-16(4-15(14)28-13-10-32-11-13)17-8-25-19-3-12(5-23)6-27-29(17)19/h3-4,6-8,13,18,31H,9-11H2,1-2H3,(H,24,28)(H,26,30)/t18-/m1/s1. The maximum atomic E-state index is 14.1. The van der Waals surface area contributed by atoms with Gasteiger partial charge in [0.15, 0.2) is 5.65 Å². The fraction of sp³-hybridized carbons (Fsp3) is 0.381. The number of aliphatic hydroxyl groups is 1. The van der Waals surface area contributed by atoms with E-state index < -0.39 is 17.7 Å². The van der Waals surface area contributed by atoms with Crippen molar-refractivity contribution in [3.8, 4) is 17.5 Å². The van der Waals surface area contributed by atoms with E-state index in [-0.39, 0.29) is 18.2 Å². The smallest absolute Gasteiger partial charge is 0.255 e. The summed E-state index contributed by atoms with van der Waals surface area (Å²) in [6.07, 6.45) is 2.78. The first kappa shape index (κ1) is 21.6. The number of nitriles is 1. The predicted molar refractivity (Wildman–Crippen MR) is 113 cm³/mol. The minimum atomic E-state index is -1.63. The van der Waals surface area contributed by atoms with Gasteiger partial charge in [0, 0.05) is 12.3 Å². The van der Waals surface area contributed by atoms with Crippen molar-refractivity contribution in [3.63, 3.8) is 0 Å². The van der Waals surface area contributed by atoms with Crippen LogP contribution in [0.3, 0.4) is 0 Å². The number of amides is 1. The van der Waals surface area contributed by atoms with Crippen LogP contribution in [0.25, 0.3) is 17.0 Å². The average Bonchev–Trinajstić information content (AvgIpc) is 3.16. The first-order chi connectivity index (χ1) is 15.3. The van der Waals surface area contributed by atoms with Gasteiger partial charge in [0.1, 0.15) is 17.9 Å². The molecule has 166 valence electrons. The summed E-state index contributed by atoms with van der Waals surface area (Å²) < 4.78 is 20.8. The number of imidazole rings is 1. The van der Waals surface area contributed by atoms with Gasteiger partial charge in [0.2, 0.25) is 0 Å². The number of fused-ring (bicyclic) bond motifs is 1. The van der Waals surface area contributed by atoms with Gasteiger partial charge in [-0.2, -0.15) is 10.4 Å². The van der Waals surface area contributed by atoms with E-state index in [0.29, 0.717) is 41.5 Å². The van der Waals surface area contributed by atoms with E-state index in [1.807, 2.05) is 6.07 Å². The monoisotopic (exact) mass is 439 g/mol. The van der Waals surface area contributed by atoms with E-state index in [4.69, 9.17) is 10.00 Å². The van der Waals surface area contributed by atoms with E-state index in [1.165, 1.54) is 26.2 Å². The number of hydrogen-bond donors (Lipinski definition) is 3. The number of rotatable bonds is 7. The van der Waals surface area contributed by atoms with Crippen molar-refractivity contribution in [2.75, 3.05) is 25.1 Å². The van der Waals surface area contributed by atoms with Gasteiger partial charge in [-0.05, 0) is 19.9 Å². The highest BCUT2D eigenvalue weighted by molar-refractivity contribution is 6.00. The zero-order chi connectivity index (χ0) is 22.9. The fourth-order valence-electron chi connectivity index (χ4n) is 3.07. The van der Waals surface area contributed by atoms with E-state index in [0.717, 1.165) is 0 Å². The molecular formula is C21H22FN7O3. The molecule has 32 heavy (non-hydrogen) atoms. The number of halogens is 1. The topological polar surface area (TPSA) is 137 Å². The summed E-state index contributed by atoms with van der Waals surface area (Å²) in [6.45, 7) is 3.34. The Hall–Kier alpha value is -3.62. The van der Waals surface area contributed by atoms with Gasteiger partial charge in [-0.1, -0.05) is 0 Å². The van der Waals surface area contributed by atoms with Gasteiger partial charge in [-0.25, -0.2) is 13.9 Å². The summed E-state index contributed by atoms with van der Waals surface area (Å²) in [5.41, 5.74) is 1.13. The Kier molecular flexibility index (Phi) is 5.73. The Morgan fingerprint density at radius 2 is 2.16 bits per heavy atom. The lowest BCUT2D eigenvalue weighted by Gasteiger charge is -2.29. The number of nitrogens with one attached hydrogen (secondary N) is 2. The third-order valence-electron chi connectivity index (χ3n) is 5.11. The molecule has 3 N–H and O–H groups in total. The van der Waals surface area contributed by atoms with Gasteiger partial charge >= 0.3 is 0 Å². The maximum absolute atomic E-state index is 14.1. The van der Waals surface area contributed by atoms with Crippen molar-refractivity contribution < 1.29 is 19.0 Å². The largest absolute Gasteiger partial charge is 0.387 e. The SMILES string of the molecule is CC(C)(O)[C@H](F)CNC(=O)c1cnc(-c2cnc3cc(C#N)cnn23)cc1NC1COC1. The molecule has 4 heterocycles. The lowest BCUT2D eigenvalue weighted by molar-refractivity contribution is -0.00178. The molecule has 3 aromatic rings. The molecular weight excluding hydrogens is 417 g/mol. The number of carbonyl (C=O) groups is 1. The first-order valence-corrected chi connectivity index (χ1v) is 9.99. The van der Waals surface area contributed by atoms with Gasteiger partial charge in [0.05, 0.1) is 66.3 Å². The van der Waals surface area contributed by atoms with E-state index in [1.54, 1.807) is 22.8 Å². The maximum Gasteiger partial charge on any atom is 0.255 e. The van der Waals surface area contributed by atoms with E-state index >= 15 is 0 Å². The number of hydrogen-bond acceptors (Lipinski definition) is 8. The van der Waals surface area contributed by atoms with Crippen LogP contribution in [0.1, 0.15) is 29.8 Å². The number of nitrogens with zero attached hydrogens (tertiary/aromatic N) is 5. The van der Waals surface area contributed by atoms with Crippen LogP contribution in [-0.4, -0.2) is 68.2 Å². The minimum absolute atomic E-state index is 0.0283. The van der Waals surface area contributed by atoms with Gasteiger partial charge in [0.25, 0.3) is 5.91 Å². The number of anilines is 1. The lowest BCUT2D eigenvalue weighted by atomic mass is 10.0. The molecule has 3 aromatic heterocycles. The lowest BCUT2D eigenvalue weighted by Crippen LogP contribution is -2.43. The van der Waals surface area contributed by atoms with Crippen LogP contribution in [0.15, 0.2) is 30.7 Å². The molecule has 1 fully saturated rings. The summed E-state index contributed by atoms with van der Waals surface area (Å²) >= 11 is 0. The van der Waals surface area contributed by atoms with Gasteiger partial charge in [-0.15, -0.1) is 0 Å². The number of pyridine rings is 1. The fourth-order valence-corrected chi connectivity index (χ4v) is 3.07. The summed E-state index contributed by atoms with van der Waals surface area (Å²) in [5.74, 6) is -0.520. The number of carbonyl (C=O) groups excluding carboxylic acids is 1. The molecule has 0 saturated carbocycles. The van der Waals surface area contributed by atoms with Crippen molar-refractivity contribution in [3.05, 3.63) is 41.9 Å². The molecule has 1 amide bonds. The highest BCUT2D eigenvalue weighted by atomic mass is 19.1. The van der Waals surface area contributed by atoms with E-state index in [9.17, 15) is 14.3 Å². The van der Waals surface area contributed by atoms with Crippen LogP contribution in [0.4, 0.5) is 10.1 Å². The molecule has 11 heteroatoms. The van der Waals surface area contributed by atoms with Crippen LogP contribution in [0.2, 0.25) is 0 Å². The van der Waals surface area contributed by atoms with Crippen LogP contribution in [0.5, 0.6) is 0 Å². The number of aromatic nitrogens is 4. The molecule has 4 rings (SSSR count). The second-order valence-corrected chi connectivity index (χ2v) is 8.09. The Bertz CT molecular complexity index is 1190. The third kappa shape index (κ3) is 4.37. The van der Waals surface area contributed by atoms with Crippen LogP contribution >= 0.6 is 0 Å². The molecule has 1 atom stereocenters. The summed E-state index contributed by atoms with van der Waals surface area (Å²) in [6, 6.07) is 5.35. The predicted octanol–water partition coefficient (Wildman–Crippen LogP) is 1.31. The van der Waals surface area contributed by atoms with Crippen molar-refractivity contribution in [1.82, 2.24) is 24.9 Å². The van der Waals surface area contributed by atoms with Crippen molar-refractivity contribution in [2.45, 2.75) is 31.7 Å². The van der Waals surface area contributed by atoms with Crippen molar-refractivity contribution in [1.29, 1.82) is 5.26 Å². The summed E-state index contributed by atoms with van der Waals surface area (Å²) in [5, 5.41) is 28.8. The Labute approximate surface area is 183 Å². The molecule has 0 aromatic carbocycles. The average molecular weight is 439 g/mol. The molecule has 0 radical (unpaired) electrons. The van der Waals surface area contributed by atoms with E-state index in [2.05, 4.69) is 25.7 Å². The number of alkyl halides is 1. The Balaban J connectivity index is 1.64. The second-order valence-electron chi connectivity index (χ2n) is 8.09. The normalized spacial score (nSPS) is 15.1. The molecule has 0 unspecified atom stereocenters. The molecule has 0 spiro atoms. The highest BCUT2D eigenvalue weighted by Crippen LogP contribution is 2.26. The molecule has 10 nitrogen and oxygen atoms in total. The van der Waals surface area contributed by atoms with Crippen LogP contribution in [-0.2, 0) is 4.74 Å². The molecule has 0 aliphatic carbocycles. The highest BCUT2D eigenvalue weighted by Gasteiger charge is 2.28. The van der Waals surface area contributed by atoms with Crippen LogP contribution in [0, 0.1) is 11.3 Å². The van der Waals surface area contributed by atoms with Crippen molar-refractivity contribution in [2.24, 2.45) is 0 Å². The molecule has 1 saturated heterocycles. The van der Waals surface area contributed by atoms with Gasteiger partial charge in [-0.3, -0.25) is 9.78 Å². The number of ether oxygens (including phenoxy) is 1. The van der Waals surface area contributed by atoms with Crippen molar-refractivity contribution >= 4 is 17.2 Å². The Morgan fingerprint density at radius 3 is 2.81 bits per heavy atom. The molecule has 1 aliphatic rings. The Morgan fingerprint density at radius 1 is 1.38 bits per heavy atom. The third-order valence-corrected chi connectivity index (χ3v) is 5.11. The summed E-state index contributed by atoms with van der Waals surface area (Å²) in [4.78, 5) is 21.4.